The Balaban J connectivity index is 1.83. The van der Waals surface area contributed by atoms with Crippen LogP contribution >= 0.6 is 0 Å². The first-order chi connectivity index (χ1) is 10.7. The summed E-state index contributed by atoms with van der Waals surface area (Å²) in [4.78, 5) is 38.8. The molecule has 1 unspecified atom stereocenters. The number of amides is 3. The van der Waals surface area contributed by atoms with E-state index in [0.717, 1.165) is 12.8 Å². The maximum absolute atomic E-state index is 12.4. The van der Waals surface area contributed by atoms with Gasteiger partial charge in [-0.05, 0) is 12.8 Å². The minimum atomic E-state index is -0.370. The van der Waals surface area contributed by atoms with E-state index in [0.29, 0.717) is 31.1 Å². The predicted octanol–water partition coefficient (Wildman–Crippen LogP) is -1.01. The van der Waals surface area contributed by atoms with Crippen molar-refractivity contribution in [3.8, 4) is 0 Å². The van der Waals surface area contributed by atoms with Crippen LogP contribution < -0.4 is 16.0 Å². The molecule has 2 aliphatic heterocycles. The first kappa shape index (κ1) is 14.5. The Morgan fingerprint density at radius 1 is 1.50 bits per heavy atom. The zero-order valence-corrected chi connectivity index (χ0v) is 11.9. The third-order valence-corrected chi connectivity index (χ3v) is 3.72. The fourth-order valence-corrected chi connectivity index (χ4v) is 2.67. The van der Waals surface area contributed by atoms with Crippen LogP contribution in [0.15, 0.2) is 0 Å². The number of imidazole rings is 1. The van der Waals surface area contributed by atoms with Gasteiger partial charge in [-0.3, -0.25) is 14.4 Å². The highest BCUT2D eigenvalue weighted by Gasteiger charge is 2.28. The molecule has 3 rings (SSSR count). The van der Waals surface area contributed by atoms with Gasteiger partial charge < -0.3 is 25.3 Å². The second-order valence-corrected chi connectivity index (χ2v) is 5.24. The molecule has 3 heterocycles. The minimum Gasteiger partial charge on any atom is -0.379 e. The van der Waals surface area contributed by atoms with Crippen molar-refractivity contribution in [3.63, 3.8) is 0 Å². The van der Waals surface area contributed by atoms with Crippen LogP contribution in [0.25, 0.3) is 0 Å². The number of nitrogens with zero attached hydrogens (tertiary/aromatic N) is 2. The van der Waals surface area contributed by atoms with Crippen molar-refractivity contribution in [2.45, 2.75) is 32.0 Å². The molecule has 1 saturated heterocycles. The number of ether oxygens (including phenoxy) is 1. The number of aromatic nitrogens is 2. The van der Waals surface area contributed by atoms with Crippen LogP contribution in [0.1, 0.15) is 29.2 Å². The number of hydrogen-bond donors (Lipinski definition) is 3. The highest BCUT2D eigenvalue weighted by Crippen LogP contribution is 2.20. The average Bonchev–Trinajstić information content (AvgIpc) is 2.87. The number of fused-ring (bicyclic) bond motifs is 1. The van der Waals surface area contributed by atoms with Gasteiger partial charge >= 0.3 is 0 Å². The van der Waals surface area contributed by atoms with Crippen molar-refractivity contribution >= 4 is 24.0 Å². The van der Waals surface area contributed by atoms with Crippen molar-refractivity contribution in [3.05, 3.63) is 11.5 Å². The standard InChI is InChI=1S/C13H17N5O4/c19-7-15-11-9-4-14-10(20)5-18(9)12(17-11)13(21)16-8-2-1-3-22-6-8/h7-8H,1-6H2,(H,14,20)(H,15,19)(H,16,21). The number of nitrogens with one attached hydrogen (secondary N) is 3. The number of anilines is 1. The number of rotatable bonds is 4. The third-order valence-electron chi connectivity index (χ3n) is 3.72. The summed E-state index contributed by atoms with van der Waals surface area (Å²) in [6.07, 6.45) is 2.24. The monoisotopic (exact) mass is 307 g/mol. The molecule has 9 heteroatoms. The van der Waals surface area contributed by atoms with E-state index in [2.05, 4.69) is 20.9 Å². The van der Waals surface area contributed by atoms with Gasteiger partial charge in [0.2, 0.25) is 18.1 Å². The smallest absolute Gasteiger partial charge is 0.287 e. The highest BCUT2D eigenvalue weighted by molar-refractivity contribution is 5.93. The van der Waals surface area contributed by atoms with Crippen LogP contribution in [-0.2, 0) is 27.4 Å². The van der Waals surface area contributed by atoms with E-state index in [-0.39, 0.29) is 36.8 Å². The minimum absolute atomic E-state index is 0.00674. The molecule has 1 aromatic heterocycles. The Kier molecular flexibility index (Phi) is 4.05. The molecule has 0 saturated carbocycles. The predicted molar refractivity (Wildman–Crippen MR) is 75.1 cm³/mol. The molecule has 0 radical (unpaired) electrons. The molecule has 3 amide bonds. The summed E-state index contributed by atoms with van der Waals surface area (Å²) >= 11 is 0. The molecule has 118 valence electrons. The molecular weight excluding hydrogens is 290 g/mol. The zero-order chi connectivity index (χ0) is 15.5. The highest BCUT2D eigenvalue weighted by atomic mass is 16.5. The van der Waals surface area contributed by atoms with Crippen LogP contribution in [0.3, 0.4) is 0 Å². The molecule has 3 N–H and O–H groups in total. The Labute approximate surface area is 126 Å². The van der Waals surface area contributed by atoms with Crippen LogP contribution in [0, 0.1) is 0 Å². The van der Waals surface area contributed by atoms with Crippen molar-refractivity contribution in [1.82, 2.24) is 20.2 Å². The van der Waals surface area contributed by atoms with Gasteiger partial charge in [-0.15, -0.1) is 0 Å². The van der Waals surface area contributed by atoms with E-state index in [1.807, 2.05) is 0 Å². The summed E-state index contributed by atoms with van der Waals surface area (Å²) in [6, 6.07) is -0.0610. The fraction of sp³-hybridized carbons (Fsp3) is 0.538. The molecule has 0 spiro atoms. The Morgan fingerprint density at radius 2 is 2.36 bits per heavy atom. The molecular formula is C13H17N5O4. The Morgan fingerprint density at radius 3 is 3.09 bits per heavy atom. The summed E-state index contributed by atoms with van der Waals surface area (Å²) in [6.45, 7) is 1.41. The fourth-order valence-electron chi connectivity index (χ4n) is 2.67. The lowest BCUT2D eigenvalue weighted by molar-refractivity contribution is -0.122. The number of carbonyl (C=O) groups excluding carboxylic acids is 3. The van der Waals surface area contributed by atoms with Crippen LogP contribution in [0.2, 0.25) is 0 Å². The topological polar surface area (TPSA) is 114 Å². The average molecular weight is 307 g/mol. The van der Waals surface area contributed by atoms with Gasteiger partial charge in [0, 0.05) is 6.61 Å². The van der Waals surface area contributed by atoms with Gasteiger partial charge in [0.05, 0.1) is 24.9 Å². The molecule has 22 heavy (non-hydrogen) atoms. The Bertz CT molecular complexity index is 606. The van der Waals surface area contributed by atoms with Gasteiger partial charge in [0.15, 0.2) is 5.82 Å². The maximum atomic E-state index is 12.4. The molecule has 0 aliphatic carbocycles. The van der Waals surface area contributed by atoms with Crippen LogP contribution in [0.5, 0.6) is 0 Å². The van der Waals surface area contributed by atoms with Gasteiger partial charge in [0.25, 0.3) is 5.91 Å². The quantitative estimate of drug-likeness (QED) is 0.617. The first-order valence-corrected chi connectivity index (χ1v) is 7.14. The van der Waals surface area contributed by atoms with Crippen molar-refractivity contribution < 1.29 is 19.1 Å². The largest absolute Gasteiger partial charge is 0.379 e. The summed E-state index contributed by atoms with van der Waals surface area (Å²) in [7, 11) is 0. The third kappa shape index (κ3) is 2.80. The van der Waals surface area contributed by atoms with Crippen molar-refractivity contribution in [2.24, 2.45) is 0 Å². The normalized spacial score (nSPS) is 20.7. The van der Waals surface area contributed by atoms with Gasteiger partial charge in [-0.2, -0.15) is 0 Å². The lowest BCUT2D eigenvalue weighted by Gasteiger charge is -2.23. The van der Waals surface area contributed by atoms with Crippen molar-refractivity contribution in [1.29, 1.82) is 0 Å². The zero-order valence-electron chi connectivity index (χ0n) is 11.9. The molecule has 0 aromatic carbocycles. The SMILES string of the molecule is O=CNc1nc(C(=O)NC2CCCOC2)n2c1CNC(=O)C2. The van der Waals surface area contributed by atoms with Crippen molar-refractivity contribution in [2.75, 3.05) is 18.5 Å². The van der Waals surface area contributed by atoms with Crippen LogP contribution in [-0.4, -0.2) is 47.0 Å². The first-order valence-electron chi connectivity index (χ1n) is 7.14. The molecule has 1 fully saturated rings. The summed E-state index contributed by atoms with van der Waals surface area (Å²) < 4.78 is 6.86. The molecule has 0 bridgehead atoms. The van der Waals surface area contributed by atoms with Crippen LogP contribution in [0.4, 0.5) is 5.82 Å². The summed E-state index contributed by atoms with van der Waals surface area (Å²) in [5, 5.41) is 7.98. The second kappa shape index (κ2) is 6.14. The van der Waals surface area contributed by atoms with Gasteiger partial charge in [-0.25, -0.2) is 4.98 Å². The van der Waals surface area contributed by atoms with E-state index < -0.39 is 0 Å². The maximum Gasteiger partial charge on any atom is 0.287 e. The molecule has 1 aromatic rings. The lowest BCUT2D eigenvalue weighted by Crippen LogP contribution is -2.42. The van der Waals surface area contributed by atoms with E-state index in [4.69, 9.17) is 4.74 Å². The molecule has 9 nitrogen and oxygen atoms in total. The Hall–Kier alpha value is -2.42. The number of hydrogen-bond acceptors (Lipinski definition) is 5. The van der Waals surface area contributed by atoms with E-state index in [1.165, 1.54) is 4.57 Å². The summed E-state index contributed by atoms with van der Waals surface area (Å²) in [5.41, 5.74) is 0.608. The molecule has 1 atom stereocenters. The van der Waals surface area contributed by atoms with E-state index in [1.54, 1.807) is 0 Å². The van der Waals surface area contributed by atoms with Gasteiger partial charge in [0.1, 0.15) is 6.54 Å². The van der Waals surface area contributed by atoms with E-state index in [9.17, 15) is 14.4 Å². The number of carbonyl (C=O) groups is 3. The lowest BCUT2D eigenvalue weighted by atomic mass is 10.1. The molecule has 2 aliphatic rings. The van der Waals surface area contributed by atoms with E-state index >= 15 is 0 Å². The van der Waals surface area contributed by atoms with Gasteiger partial charge in [-0.1, -0.05) is 0 Å². The summed E-state index contributed by atoms with van der Waals surface area (Å²) in [5.74, 6) is -0.150. The second-order valence-electron chi connectivity index (χ2n) is 5.24.